The number of nitrogens with one attached hydrogen (secondary N) is 1. The summed E-state index contributed by atoms with van der Waals surface area (Å²) >= 11 is 1.43. The number of rotatable bonds is 6. The maximum Gasteiger partial charge on any atom is 0.275 e. The molecule has 6 heteroatoms. The maximum atomic E-state index is 12.4. The van der Waals surface area contributed by atoms with Crippen LogP contribution in [-0.4, -0.2) is 24.6 Å². The second kappa shape index (κ2) is 7.81. The van der Waals surface area contributed by atoms with Gasteiger partial charge in [-0.3, -0.25) is 4.79 Å². The lowest BCUT2D eigenvalue weighted by atomic mass is 10.2. The summed E-state index contributed by atoms with van der Waals surface area (Å²) in [6.07, 6.45) is 0. The zero-order valence-electron chi connectivity index (χ0n) is 14.0. The largest absolute Gasteiger partial charge is 0.497 e. The Morgan fingerprint density at radius 3 is 2.68 bits per heavy atom. The standard InChI is InChI=1S/C19H18N2O3S/c1-3-24-16-6-4-5-13(11-16)19-21-17(12-25-19)18(22)20-14-7-9-15(23-2)10-8-14/h4-12H,3H2,1-2H3,(H,20,22). The highest BCUT2D eigenvalue weighted by Gasteiger charge is 2.12. The Kier molecular flexibility index (Phi) is 5.30. The molecule has 0 saturated heterocycles. The van der Waals surface area contributed by atoms with Gasteiger partial charge in [0.1, 0.15) is 22.2 Å². The average Bonchev–Trinajstić information content (AvgIpc) is 3.13. The van der Waals surface area contributed by atoms with E-state index in [1.54, 1.807) is 36.8 Å². The molecule has 2 aromatic carbocycles. The molecule has 3 rings (SSSR count). The van der Waals surface area contributed by atoms with Gasteiger partial charge in [0.05, 0.1) is 13.7 Å². The number of aromatic nitrogens is 1. The molecule has 0 spiro atoms. The van der Waals surface area contributed by atoms with E-state index in [2.05, 4.69) is 10.3 Å². The number of carbonyl (C=O) groups is 1. The number of nitrogens with zero attached hydrogens (tertiary/aromatic N) is 1. The first-order valence-corrected chi connectivity index (χ1v) is 8.71. The quantitative estimate of drug-likeness (QED) is 0.709. The minimum atomic E-state index is -0.242. The van der Waals surface area contributed by atoms with Gasteiger partial charge in [0.25, 0.3) is 5.91 Å². The summed E-state index contributed by atoms with van der Waals surface area (Å²) < 4.78 is 10.6. The number of methoxy groups -OCH3 is 1. The number of carbonyl (C=O) groups excluding carboxylic acids is 1. The van der Waals surface area contributed by atoms with Crippen molar-refractivity contribution in [2.75, 3.05) is 19.0 Å². The predicted molar refractivity (Wildman–Crippen MR) is 99.7 cm³/mol. The van der Waals surface area contributed by atoms with Crippen molar-refractivity contribution >= 4 is 22.9 Å². The molecule has 0 atom stereocenters. The van der Waals surface area contributed by atoms with Crippen LogP contribution in [0.25, 0.3) is 10.6 Å². The van der Waals surface area contributed by atoms with Crippen molar-refractivity contribution in [2.24, 2.45) is 0 Å². The van der Waals surface area contributed by atoms with Gasteiger partial charge in [-0.05, 0) is 43.3 Å². The third-order valence-electron chi connectivity index (χ3n) is 3.48. The molecular weight excluding hydrogens is 336 g/mol. The highest BCUT2D eigenvalue weighted by Crippen LogP contribution is 2.27. The number of anilines is 1. The third kappa shape index (κ3) is 4.16. The summed E-state index contributed by atoms with van der Waals surface area (Å²) in [5, 5.41) is 5.36. The zero-order valence-corrected chi connectivity index (χ0v) is 14.8. The second-order valence-corrected chi connectivity index (χ2v) is 6.04. The summed E-state index contributed by atoms with van der Waals surface area (Å²) in [6, 6.07) is 14.9. The molecule has 25 heavy (non-hydrogen) atoms. The van der Waals surface area contributed by atoms with Crippen LogP contribution in [-0.2, 0) is 0 Å². The average molecular weight is 354 g/mol. The highest BCUT2D eigenvalue weighted by atomic mass is 32.1. The number of thiazole rings is 1. The minimum Gasteiger partial charge on any atom is -0.497 e. The van der Waals surface area contributed by atoms with Crippen LogP contribution >= 0.6 is 11.3 Å². The van der Waals surface area contributed by atoms with Crippen molar-refractivity contribution in [3.63, 3.8) is 0 Å². The lowest BCUT2D eigenvalue weighted by Gasteiger charge is -2.05. The Bertz CT molecular complexity index is 859. The van der Waals surface area contributed by atoms with E-state index in [-0.39, 0.29) is 5.91 Å². The Labute approximate surface area is 150 Å². The van der Waals surface area contributed by atoms with Crippen LogP contribution in [0.1, 0.15) is 17.4 Å². The van der Waals surface area contributed by atoms with Crippen molar-refractivity contribution in [2.45, 2.75) is 6.92 Å². The number of hydrogen-bond donors (Lipinski definition) is 1. The normalized spacial score (nSPS) is 10.3. The summed E-state index contributed by atoms with van der Waals surface area (Å²) in [5.41, 5.74) is 2.01. The van der Waals surface area contributed by atoms with E-state index in [4.69, 9.17) is 9.47 Å². The number of amides is 1. The second-order valence-electron chi connectivity index (χ2n) is 5.18. The van der Waals surface area contributed by atoms with Gasteiger partial charge in [-0.2, -0.15) is 0 Å². The van der Waals surface area contributed by atoms with Crippen LogP contribution < -0.4 is 14.8 Å². The van der Waals surface area contributed by atoms with Crippen molar-refractivity contribution < 1.29 is 14.3 Å². The third-order valence-corrected chi connectivity index (χ3v) is 4.37. The fourth-order valence-electron chi connectivity index (χ4n) is 2.27. The van der Waals surface area contributed by atoms with E-state index in [1.807, 2.05) is 31.2 Å². The van der Waals surface area contributed by atoms with Crippen LogP contribution in [0.3, 0.4) is 0 Å². The molecular formula is C19H18N2O3S. The number of hydrogen-bond acceptors (Lipinski definition) is 5. The van der Waals surface area contributed by atoms with Gasteiger partial charge in [0, 0.05) is 16.6 Å². The first-order chi connectivity index (χ1) is 12.2. The molecule has 0 aliphatic heterocycles. The van der Waals surface area contributed by atoms with Crippen LogP contribution in [0.5, 0.6) is 11.5 Å². The van der Waals surface area contributed by atoms with Crippen molar-refractivity contribution in [3.8, 4) is 22.1 Å². The SMILES string of the molecule is CCOc1cccc(-c2nc(C(=O)Nc3ccc(OC)cc3)cs2)c1. The molecule has 1 amide bonds. The van der Waals surface area contributed by atoms with Gasteiger partial charge in [0.2, 0.25) is 0 Å². The Morgan fingerprint density at radius 1 is 1.16 bits per heavy atom. The zero-order chi connectivity index (χ0) is 17.6. The van der Waals surface area contributed by atoms with Crippen LogP contribution in [0.2, 0.25) is 0 Å². The maximum absolute atomic E-state index is 12.4. The van der Waals surface area contributed by atoms with Gasteiger partial charge in [-0.15, -0.1) is 11.3 Å². The van der Waals surface area contributed by atoms with Crippen molar-refractivity contribution in [1.29, 1.82) is 0 Å². The highest BCUT2D eigenvalue weighted by molar-refractivity contribution is 7.13. The molecule has 5 nitrogen and oxygen atoms in total. The Hall–Kier alpha value is -2.86. The fraction of sp³-hybridized carbons (Fsp3) is 0.158. The first-order valence-electron chi connectivity index (χ1n) is 7.83. The van der Waals surface area contributed by atoms with Crippen LogP contribution in [0.4, 0.5) is 5.69 Å². The van der Waals surface area contributed by atoms with E-state index >= 15 is 0 Å². The van der Waals surface area contributed by atoms with Gasteiger partial charge >= 0.3 is 0 Å². The molecule has 0 bridgehead atoms. The summed E-state index contributed by atoms with van der Waals surface area (Å²) in [7, 11) is 1.60. The lowest BCUT2D eigenvalue weighted by Crippen LogP contribution is -2.12. The molecule has 0 fully saturated rings. The van der Waals surface area contributed by atoms with E-state index in [0.29, 0.717) is 18.0 Å². The van der Waals surface area contributed by atoms with Crippen LogP contribution in [0, 0.1) is 0 Å². The monoisotopic (exact) mass is 354 g/mol. The molecule has 0 radical (unpaired) electrons. The van der Waals surface area contributed by atoms with Gasteiger partial charge in [0.15, 0.2) is 0 Å². The fourth-order valence-corrected chi connectivity index (χ4v) is 3.06. The van der Waals surface area contributed by atoms with Gasteiger partial charge in [-0.1, -0.05) is 12.1 Å². The molecule has 1 heterocycles. The smallest absolute Gasteiger partial charge is 0.275 e. The Morgan fingerprint density at radius 2 is 1.96 bits per heavy atom. The summed E-state index contributed by atoms with van der Waals surface area (Å²) in [4.78, 5) is 16.8. The molecule has 1 N–H and O–H groups in total. The van der Waals surface area contributed by atoms with Gasteiger partial charge in [-0.25, -0.2) is 4.98 Å². The molecule has 0 saturated carbocycles. The predicted octanol–water partition coefficient (Wildman–Crippen LogP) is 4.47. The molecule has 0 unspecified atom stereocenters. The molecule has 1 aromatic heterocycles. The molecule has 3 aromatic rings. The topological polar surface area (TPSA) is 60.5 Å². The number of ether oxygens (including phenoxy) is 2. The molecule has 0 aliphatic rings. The van der Waals surface area contributed by atoms with Crippen LogP contribution in [0.15, 0.2) is 53.9 Å². The first kappa shape index (κ1) is 17.0. The van der Waals surface area contributed by atoms with Crippen molar-refractivity contribution in [1.82, 2.24) is 4.98 Å². The molecule has 0 aliphatic carbocycles. The van der Waals surface area contributed by atoms with E-state index in [1.165, 1.54) is 11.3 Å². The van der Waals surface area contributed by atoms with Gasteiger partial charge < -0.3 is 14.8 Å². The van der Waals surface area contributed by atoms with E-state index in [0.717, 1.165) is 22.1 Å². The minimum absolute atomic E-state index is 0.242. The van der Waals surface area contributed by atoms with Crippen molar-refractivity contribution in [3.05, 3.63) is 59.6 Å². The lowest BCUT2D eigenvalue weighted by molar-refractivity contribution is 0.102. The number of benzene rings is 2. The van der Waals surface area contributed by atoms with E-state index < -0.39 is 0 Å². The Balaban J connectivity index is 1.73. The van der Waals surface area contributed by atoms with E-state index in [9.17, 15) is 4.79 Å². The summed E-state index contributed by atoms with van der Waals surface area (Å²) in [5.74, 6) is 1.29. The molecule has 128 valence electrons. The summed E-state index contributed by atoms with van der Waals surface area (Å²) in [6.45, 7) is 2.55.